The number of hydrogen-bond donors (Lipinski definition) is 3. The van der Waals surface area contributed by atoms with E-state index in [2.05, 4.69) is 10.0 Å². The molecular weight excluding hydrogens is 609 g/mol. The van der Waals surface area contributed by atoms with Crippen molar-refractivity contribution in [3.8, 4) is 5.75 Å². The third kappa shape index (κ3) is 7.40. The highest BCUT2D eigenvalue weighted by Gasteiger charge is 2.36. The maximum atomic E-state index is 13.6. The number of nitrogens with zero attached hydrogens (tertiary/aromatic N) is 2. The lowest BCUT2D eigenvalue weighted by atomic mass is 9.99. The van der Waals surface area contributed by atoms with Gasteiger partial charge in [0, 0.05) is 25.2 Å². The molecule has 0 radical (unpaired) electrons. The third-order valence-corrected chi connectivity index (χ3v) is 9.72. The highest BCUT2D eigenvalue weighted by molar-refractivity contribution is 7.94. The maximum Gasteiger partial charge on any atom is 0.416 e. The van der Waals surface area contributed by atoms with Crippen LogP contribution in [0.25, 0.3) is 0 Å². The van der Waals surface area contributed by atoms with E-state index in [1.807, 2.05) is 0 Å². The van der Waals surface area contributed by atoms with Crippen LogP contribution in [0.1, 0.15) is 29.8 Å². The number of aliphatic hydroxyl groups excluding tert-OH is 1. The second-order valence-electron chi connectivity index (χ2n) is 10.2. The van der Waals surface area contributed by atoms with Gasteiger partial charge in [-0.15, -0.1) is 11.3 Å². The Balaban J connectivity index is 1.63. The van der Waals surface area contributed by atoms with E-state index in [0.717, 1.165) is 35.6 Å². The third-order valence-electron chi connectivity index (χ3n) is 6.96. The molecule has 4 rings (SSSR count). The van der Waals surface area contributed by atoms with Crippen molar-refractivity contribution in [2.24, 2.45) is 5.92 Å². The molecule has 1 aliphatic rings. The van der Waals surface area contributed by atoms with Crippen LogP contribution >= 0.6 is 11.3 Å². The molecule has 3 aromatic rings. The van der Waals surface area contributed by atoms with Crippen molar-refractivity contribution in [1.82, 2.24) is 9.80 Å². The lowest BCUT2D eigenvalue weighted by molar-refractivity contribution is -0.137. The number of likely N-dealkylation sites (N-methyl/N-ethyl adjacent to an activating group) is 1. The number of urea groups is 1. The van der Waals surface area contributed by atoms with Crippen molar-refractivity contribution < 1.29 is 41.0 Å². The van der Waals surface area contributed by atoms with Crippen molar-refractivity contribution in [2.75, 3.05) is 36.8 Å². The molecule has 3 amide bonds. The summed E-state index contributed by atoms with van der Waals surface area (Å²) in [6, 6.07) is 10.3. The summed E-state index contributed by atoms with van der Waals surface area (Å²) in [4.78, 5) is 29.4. The summed E-state index contributed by atoms with van der Waals surface area (Å²) >= 11 is 1.02. The molecule has 0 fully saturated rings. The van der Waals surface area contributed by atoms with E-state index in [1.54, 1.807) is 25.3 Å². The number of benzene rings is 2. The summed E-state index contributed by atoms with van der Waals surface area (Å²) in [7, 11) is -2.54. The number of thiophene rings is 1. The Bertz CT molecular complexity index is 1550. The van der Waals surface area contributed by atoms with Crippen molar-refractivity contribution >= 4 is 44.7 Å². The topological polar surface area (TPSA) is 128 Å². The summed E-state index contributed by atoms with van der Waals surface area (Å²) in [5, 5.41) is 14.0. The number of aliphatic hydroxyl groups is 1. The number of fused-ring (bicyclic) bond motifs is 1. The Labute approximate surface area is 251 Å². The quantitative estimate of drug-likeness (QED) is 0.320. The molecule has 15 heteroatoms. The van der Waals surface area contributed by atoms with Crippen LogP contribution in [0.2, 0.25) is 0 Å². The fraction of sp³-hybridized carbons (Fsp3) is 0.357. The number of ether oxygens (including phenoxy) is 1. The average molecular weight is 641 g/mol. The van der Waals surface area contributed by atoms with E-state index >= 15 is 0 Å². The second-order valence-corrected chi connectivity index (χ2v) is 13.1. The number of nitrogens with one attached hydrogen (secondary N) is 2. The molecular formula is C28H31F3N4O6S2. The normalized spacial score (nSPS) is 18.1. The summed E-state index contributed by atoms with van der Waals surface area (Å²) < 4.78 is 73.7. The number of halogens is 3. The minimum absolute atomic E-state index is 0.0202. The van der Waals surface area contributed by atoms with Crippen LogP contribution < -0.4 is 14.8 Å². The summed E-state index contributed by atoms with van der Waals surface area (Å²) in [6.07, 6.45) is -5.28. The van der Waals surface area contributed by atoms with Gasteiger partial charge in [-0.3, -0.25) is 9.52 Å². The number of para-hydroxylation sites is 1. The highest BCUT2D eigenvalue weighted by atomic mass is 32.2. The van der Waals surface area contributed by atoms with E-state index in [0.29, 0.717) is 0 Å². The molecule has 0 unspecified atom stereocenters. The molecule has 1 aromatic heterocycles. The van der Waals surface area contributed by atoms with Gasteiger partial charge in [0.15, 0.2) is 5.75 Å². The van der Waals surface area contributed by atoms with Crippen LogP contribution in [-0.2, 0) is 16.2 Å². The zero-order chi connectivity index (χ0) is 31.5. The average Bonchev–Trinajstić information content (AvgIpc) is 3.51. The molecule has 232 valence electrons. The number of amides is 3. The summed E-state index contributed by atoms with van der Waals surface area (Å²) in [6.45, 7) is 3.27. The Morgan fingerprint density at radius 3 is 2.49 bits per heavy atom. The van der Waals surface area contributed by atoms with Crippen LogP contribution in [0.5, 0.6) is 5.75 Å². The smallest absolute Gasteiger partial charge is 0.416 e. The molecule has 0 saturated heterocycles. The molecule has 3 N–H and O–H groups in total. The molecule has 0 spiro atoms. The minimum atomic E-state index is -4.51. The van der Waals surface area contributed by atoms with E-state index in [1.165, 1.54) is 41.1 Å². The molecule has 0 bridgehead atoms. The van der Waals surface area contributed by atoms with Crippen molar-refractivity contribution in [1.29, 1.82) is 0 Å². The monoisotopic (exact) mass is 640 g/mol. The van der Waals surface area contributed by atoms with Gasteiger partial charge >= 0.3 is 12.2 Å². The predicted octanol–water partition coefficient (Wildman–Crippen LogP) is 4.95. The molecule has 0 saturated carbocycles. The molecule has 2 heterocycles. The number of hydrogen-bond acceptors (Lipinski definition) is 7. The van der Waals surface area contributed by atoms with Gasteiger partial charge in [0.1, 0.15) is 10.3 Å². The van der Waals surface area contributed by atoms with E-state index in [9.17, 15) is 36.3 Å². The van der Waals surface area contributed by atoms with Crippen LogP contribution in [0, 0.1) is 5.92 Å². The standard InChI is InChI=1S/C28H31F3N4O6S2/c1-17-14-35(18(2)16-36)26(37)21-6-4-7-22(33-43(39,40)24-8-5-13-42-24)25(21)41-23(17)15-34(3)27(38)32-20-11-9-19(10-12-20)28(29,30)31/h4-13,17-18,23,33,36H,14-16H2,1-3H3,(H,32,38)/t17-,18-,23+/m0/s1. The molecule has 43 heavy (non-hydrogen) atoms. The number of carbonyl (C=O) groups excluding carboxylic acids is 2. The first-order valence-corrected chi connectivity index (χ1v) is 15.5. The van der Waals surface area contributed by atoms with E-state index in [4.69, 9.17) is 4.74 Å². The van der Waals surface area contributed by atoms with Crippen LogP contribution in [0.4, 0.5) is 29.3 Å². The largest absolute Gasteiger partial charge is 0.485 e. The Morgan fingerprint density at radius 1 is 1.19 bits per heavy atom. The van der Waals surface area contributed by atoms with Gasteiger partial charge in [0.25, 0.3) is 15.9 Å². The number of anilines is 2. The van der Waals surface area contributed by atoms with Gasteiger partial charge in [0.05, 0.1) is 36.0 Å². The first-order chi connectivity index (χ1) is 20.2. The molecule has 0 aliphatic carbocycles. The highest BCUT2D eigenvalue weighted by Crippen LogP contribution is 2.36. The van der Waals surface area contributed by atoms with E-state index in [-0.39, 0.29) is 46.6 Å². The van der Waals surface area contributed by atoms with Crippen LogP contribution in [-0.4, -0.2) is 74.2 Å². The fourth-order valence-corrected chi connectivity index (χ4v) is 6.52. The van der Waals surface area contributed by atoms with Crippen molar-refractivity contribution in [3.63, 3.8) is 0 Å². The number of rotatable bonds is 8. The first kappa shape index (κ1) is 32.1. The number of carbonyl (C=O) groups is 2. The van der Waals surface area contributed by atoms with Crippen molar-refractivity contribution in [3.05, 3.63) is 71.1 Å². The van der Waals surface area contributed by atoms with Gasteiger partial charge in [-0.2, -0.15) is 13.2 Å². The Morgan fingerprint density at radius 2 is 1.88 bits per heavy atom. The van der Waals surface area contributed by atoms with Crippen LogP contribution in [0.15, 0.2) is 64.2 Å². The zero-order valence-electron chi connectivity index (χ0n) is 23.5. The van der Waals surface area contributed by atoms with Crippen LogP contribution in [0.3, 0.4) is 0 Å². The minimum Gasteiger partial charge on any atom is -0.485 e. The molecule has 10 nitrogen and oxygen atoms in total. The van der Waals surface area contributed by atoms with E-state index < -0.39 is 51.8 Å². The lowest BCUT2D eigenvalue weighted by Crippen LogP contribution is -2.50. The fourth-order valence-electron chi connectivity index (χ4n) is 4.47. The number of sulfonamides is 1. The second kappa shape index (κ2) is 12.8. The molecule has 1 aliphatic heterocycles. The van der Waals surface area contributed by atoms with Gasteiger partial charge in [0.2, 0.25) is 0 Å². The first-order valence-electron chi connectivity index (χ1n) is 13.2. The van der Waals surface area contributed by atoms with Gasteiger partial charge in [-0.25, -0.2) is 13.2 Å². The molecule has 2 aromatic carbocycles. The lowest BCUT2D eigenvalue weighted by Gasteiger charge is -2.38. The Kier molecular flexibility index (Phi) is 9.57. The predicted molar refractivity (Wildman–Crippen MR) is 156 cm³/mol. The SMILES string of the molecule is C[C@H]1CN([C@@H](C)CO)C(=O)c2cccc(NS(=O)(=O)c3cccs3)c2O[C@@H]1CN(C)C(=O)Nc1ccc(C(F)(F)F)cc1. The molecule has 3 atom stereocenters. The number of alkyl halides is 3. The van der Waals surface area contributed by atoms with Gasteiger partial charge in [-0.1, -0.05) is 19.1 Å². The Hall–Kier alpha value is -3.82. The van der Waals surface area contributed by atoms with Crippen molar-refractivity contribution in [2.45, 2.75) is 36.4 Å². The summed E-state index contributed by atoms with van der Waals surface area (Å²) in [5.41, 5.74) is -0.608. The van der Waals surface area contributed by atoms with Gasteiger partial charge < -0.3 is 25.0 Å². The maximum absolute atomic E-state index is 13.6. The summed E-state index contributed by atoms with van der Waals surface area (Å²) in [5.74, 6) is -0.905. The van der Waals surface area contributed by atoms with Gasteiger partial charge in [-0.05, 0) is 54.8 Å². The zero-order valence-corrected chi connectivity index (χ0v) is 25.1.